The van der Waals surface area contributed by atoms with Crippen LogP contribution in [-0.2, 0) is 21.9 Å². The molecule has 1 N–H and O–H groups in total. The summed E-state index contributed by atoms with van der Waals surface area (Å²) in [5, 5.41) is 2.30. The Morgan fingerprint density at radius 3 is 2.00 bits per heavy atom. The average molecular weight is 475 g/mol. The first-order chi connectivity index (χ1) is 13.7. The topological polar surface area (TPSA) is 68.3 Å². The Morgan fingerprint density at radius 2 is 1.53 bits per heavy atom. The monoisotopic (exact) mass is 474 g/mol. The molecule has 0 aliphatic heterocycles. The third-order valence-electron chi connectivity index (χ3n) is 3.53. The third-order valence-corrected chi connectivity index (χ3v) is 4.02. The van der Waals surface area contributed by atoms with Crippen molar-refractivity contribution in [1.82, 2.24) is 4.98 Å². The lowest BCUT2D eigenvalue weighted by Gasteiger charge is -2.16. The molecule has 5 nitrogen and oxygen atoms in total. The summed E-state index contributed by atoms with van der Waals surface area (Å²) in [4.78, 5) is 27.9. The van der Waals surface area contributed by atoms with Crippen LogP contribution in [0.1, 0.15) is 28.4 Å². The molecule has 1 amide bonds. The minimum Gasteiger partial charge on any atom is -0.449 e. The van der Waals surface area contributed by atoms with E-state index in [4.69, 9.17) is 23.2 Å². The molecule has 0 saturated carbocycles. The Balaban J connectivity index is 2.22. The minimum absolute atomic E-state index is 0.0536. The second-order valence-electron chi connectivity index (χ2n) is 5.82. The fraction of sp³-hybridized carbons (Fsp3) is 0.235. The number of amides is 1. The van der Waals surface area contributed by atoms with Crippen molar-refractivity contribution in [3.05, 3.63) is 57.2 Å². The normalized spacial score (nSPS) is 13.0. The molecule has 13 heteroatoms. The number of pyridine rings is 1. The molecule has 0 aliphatic carbocycles. The van der Waals surface area contributed by atoms with E-state index in [1.54, 1.807) is 0 Å². The number of alkyl halides is 6. The maximum atomic E-state index is 12.9. The third kappa shape index (κ3) is 5.99. The maximum absolute atomic E-state index is 12.9. The number of hydrogen-bond donors (Lipinski definition) is 1. The van der Waals surface area contributed by atoms with Crippen LogP contribution in [0.3, 0.4) is 0 Å². The van der Waals surface area contributed by atoms with Crippen molar-refractivity contribution in [3.8, 4) is 0 Å². The van der Waals surface area contributed by atoms with Gasteiger partial charge in [0.05, 0.1) is 26.7 Å². The quantitative estimate of drug-likeness (QED) is 0.461. The molecule has 1 atom stereocenters. The number of aromatic nitrogens is 1. The van der Waals surface area contributed by atoms with E-state index in [2.05, 4.69) is 15.0 Å². The minimum atomic E-state index is -5.14. The number of carbonyl (C=O) groups excluding carboxylic acids is 2. The zero-order chi connectivity index (χ0) is 22.9. The molecular formula is C17H10Cl2F6N2O3. The highest BCUT2D eigenvalue weighted by atomic mass is 35.5. The molecule has 0 radical (unpaired) electrons. The van der Waals surface area contributed by atoms with Gasteiger partial charge in [0.2, 0.25) is 0 Å². The van der Waals surface area contributed by atoms with E-state index in [9.17, 15) is 35.9 Å². The number of anilines is 1. The van der Waals surface area contributed by atoms with Crippen LogP contribution in [0.2, 0.25) is 10.0 Å². The number of halogens is 8. The molecule has 0 fully saturated rings. The van der Waals surface area contributed by atoms with Gasteiger partial charge in [-0.15, -0.1) is 0 Å². The fourth-order valence-electron chi connectivity index (χ4n) is 2.08. The molecular weight excluding hydrogens is 465 g/mol. The highest BCUT2D eigenvalue weighted by Crippen LogP contribution is 2.36. The maximum Gasteiger partial charge on any atom is 0.416 e. The Bertz CT molecular complexity index is 947. The second kappa shape index (κ2) is 8.68. The standard InChI is InChI=1S/C17H10Cl2F6N2O3/c1-7(14(28)27-13-12(19)5-11(18)6-26-13)30-15(29)8-2-9(16(20,21)22)4-10(3-8)17(23,24)25/h2-7H,1H3,(H,26,27,28). The summed E-state index contributed by atoms with van der Waals surface area (Å²) >= 11 is 11.5. The van der Waals surface area contributed by atoms with Crippen molar-refractivity contribution in [2.24, 2.45) is 0 Å². The molecule has 1 unspecified atom stereocenters. The van der Waals surface area contributed by atoms with Gasteiger partial charge in [-0.05, 0) is 31.2 Å². The van der Waals surface area contributed by atoms with E-state index in [0.717, 1.165) is 13.1 Å². The van der Waals surface area contributed by atoms with Gasteiger partial charge in [-0.1, -0.05) is 23.2 Å². The van der Waals surface area contributed by atoms with E-state index in [1.165, 1.54) is 6.07 Å². The molecule has 0 saturated heterocycles. The number of nitrogens with one attached hydrogen (secondary N) is 1. The van der Waals surface area contributed by atoms with Crippen LogP contribution in [0.5, 0.6) is 0 Å². The number of ether oxygens (including phenoxy) is 1. The number of hydrogen-bond acceptors (Lipinski definition) is 4. The highest BCUT2D eigenvalue weighted by molar-refractivity contribution is 6.36. The number of rotatable bonds is 4. The molecule has 2 rings (SSSR count). The predicted molar refractivity (Wildman–Crippen MR) is 94.2 cm³/mol. The van der Waals surface area contributed by atoms with Gasteiger partial charge in [-0.3, -0.25) is 4.79 Å². The van der Waals surface area contributed by atoms with Crippen molar-refractivity contribution in [2.75, 3.05) is 5.32 Å². The molecule has 1 aromatic carbocycles. The molecule has 2 aromatic rings. The van der Waals surface area contributed by atoms with Crippen LogP contribution < -0.4 is 5.32 Å². The van der Waals surface area contributed by atoms with Crippen molar-refractivity contribution >= 4 is 40.9 Å². The van der Waals surface area contributed by atoms with Gasteiger partial charge in [0.1, 0.15) is 0 Å². The SMILES string of the molecule is CC(OC(=O)c1cc(C(F)(F)F)cc(C(F)(F)F)c1)C(=O)Nc1ncc(Cl)cc1Cl. The molecule has 0 bridgehead atoms. The first-order valence-corrected chi connectivity index (χ1v) is 8.56. The molecule has 1 aromatic heterocycles. The summed E-state index contributed by atoms with van der Waals surface area (Å²) in [6.45, 7) is 1.05. The van der Waals surface area contributed by atoms with Gasteiger partial charge in [-0.25, -0.2) is 9.78 Å². The van der Waals surface area contributed by atoms with Gasteiger partial charge in [0, 0.05) is 6.20 Å². The van der Waals surface area contributed by atoms with E-state index in [1.807, 2.05) is 0 Å². The van der Waals surface area contributed by atoms with Crippen molar-refractivity contribution in [3.63, 3.8) is 0 Å². The van der Waals surface area contributed by atoms with Crippen molar-refractivity contribution < 1.29 is 40.7 Å². The Hall–Kier alpha value is -2.53. The summed E-state index contributed by atoms with van der Waals surface area (Å²) < 4.78 is 82.0. The number of nitrogens with zero attached hydrogens (tertiary/aromatic N) is 1. The lowest BCUT2D eigenvalue weighted by Crippen LogP contribution is -2.30. The average Bonchev–Trinajstić information content (AvgIpc) is 2.62. The number of esters is 1. The first kappa shape index (κ1) is 23.7. The van der Waals surface area contributed by atoms with E-state index in [0.29, 0.717) is 0 Å². The lowest BCUT2D eigenvalue weighted by atomic mass is 10.0. The van der Waals surface area contributed by atoms with Gasteiger partial charge >= 0.3 is 18.3 Å². The van der Waals surface area contributed by atoms with Crippen LogP contribution in [0.25, 0.3) is 0 Å². The molecule has 0 aliphatic rings. The first-order valence-electron chi connectivity index (χ1n) is 7.81. The Morgan fingerprint density at radius 1 is 1.00 bits per heavy atom. The summed E-state index contributed by atoms with van der Waals surface area (Å²) in [6, 6.07) is 1.50. The predicted octanol–water partition coefficient (Wildman–Crippen LogP) is 5.61. The number of benzene rings is 1. The lowest BCUT2D eigenvalue weighted by molar-refractivity contribution is -0.143. The second-order valence-corrected chi connectivity index (χ2v) is 6.66. The molecule has 1 heterocycles. The van der Waals surface area contributed by atoms with Crippen LogP contribution in [0.15, 0.2) is 30.5 Å². The van der Waals surface area contributed by atoms with E-state index >= 15 is 0 Å². The summed E-state index contributed by atoms with van der Waals surface area (Å²) in [5.41, 5.74) is -4.42. The van der Waals surface area contributed by atoms with E-state index < -0.39 is 47.0 Å². The smallest absolute Gasteiger partial charge is 0.416 e. The van der Waals surface area contributed by atoms with Crippen LogP contribution >= 0.6 is 23.2 Å². The Kier molecular flexibility index (Phi) is 6.87. The summed E-state index contributed by atoms with van der Waals surface area (Å²) in [5.74, 6) is -2.69. The van der Waals surface area contributed by atoms with Gasteiger partial charge in [-0.2, -0.15) is 26.3 Å². The van der Waals surface area contributed by atoms with Crippen molar-refractivity contribution in [1.29, 1.82) is 0 Å². The Labute approximate surface area is 174 Å². The van der Waals surface area contributed by atoms with Crippen molar-refractivity contribution in [2.45, 2.75) is 25.4 Å². The zero-order valence-corrected chi connectivity index (χ0v) is 16.2. The molecule has 30 heavy (non-hydrogen) atoms. The zero-order valence-electron chi connectivity index (χ0n) is 14.7. The van der Waals surface area contributed by atoms with Crippen LogP contribution in [0.4, 0.5) is 32.2 Å². The van der Waals surface area contributed by atoms with Crippen LogP contribution in [-0.4, -0.2) is 23.0 Å². The van der Waals surface area contributed by atoms with Gasteiger partial charge in [0.15, 0.2) is 11.9 Å². The summed E-state index contributed by atoms with van der Waals surface area (Å²) in [6.07, 6.45) is -10.7. The fourth-order valence-corrected chi connectivity index (χ4v) is 2.51. The van der Waals surface area contributed by atoms with Crippen LogP contribution in [0, 0.1) is 0 Å². The molecule has 0 spiro atoms. The summed E-state index contributed by atoms with van der Waals surface area (Å²) in [7, 11) is 0. The largest absolute Gasteiger partial charge is 0.449 e. The number of carbonyl (C=O) groups is 2. The van der Waals surface area contributed by atoms with Gasteiger partial charge in [0.25, 0.3) is 5.91 Å². The molecule has 162 valence electrons. The van der Waals surface area contributed by atoms with E-state index in [-0.39, 0.29) is 34.1 Å². The van der Waals surface area contributed by atoms with Gasteiger partial charge < -0.3 is 10.1 Å². The highest BCUT2D eigenvalue weighted by Gasteiger charge is 2.38.